The third kappa shape index (κ3) is 3.37. The maximum atomic E-state index is 2.38. The van der Waals surface area contributed by atoms with Gasteiger partial charge in [-0.25, -0.2) is 0 Å². The Balaban J connectivity index is 1.87. The first-order valence-electron chi connectivity index (χ1n) is 7.77. The highest BCUT2D eigenvalue weighted by molar-refractivity contribution is 5.86. The molecule has 1 unspecified atom stereocenters. The number of rotatable bonds is 5. The van der Waals surface area contributed by atoms with Crippen molar-refractivity contribution in [2.75, 3.05) is 14.1 Å². The van der Waals surface area contributed by atoms with Crippen LogP contribution in [0.5, 0.6) is 0 Å². The minimum absolute atomic E-state index is 0.383. The van der Waals surface area contributed by atoms with Crippen LogP contribution in [0, 0.1) is 6.42 Å². The number of hydrogen-bond donors (Lipinski definition) is 0. The zero-order chi connectivity index (χ0) is 15.4. The highest BCUT2D eigenvalue weighted by Gasteiger charge is 2.14. The van der Waals surface area contributed by atoms with Crippen LogP contribution >= 0.6 is 0 Å². The molecule has 1 atom stereocenters. The zero-order valence-electron chi connectivity index (χ0n) is 13.2. The fourth-order valence-electron chi connectivity index (χ4n) is 2.85. The highest BCUT2D eigenvalue weighted by atomic mass is 15.1. The molecule has 22 heavy (non-hydrogen) atoms. The Morgan fingerprint density at radius 3 is 2.27 bits per heavy atom. The summed E-state index contributed by atoms with van der Waals surface area (Å²) in [5.74, 6) is 0. The van der Waals surface area contributed by atoms with E-state index in [-0.39, 0.29) is 0 Å². The van der Waals surface area contributed by atoms with Crippen molar-refractivity contribution in [1.29, 1.82) is 0 Å². The Morgan fingerprint density at radius 2 is 1.50 bits per heavy atom. The third-order valence-corrected chi connectivity index (χ3v) is 4.15. The molecule has 0 spiro atoms. The van der Waals surface area contributed by atoms with Crippen molar-refractivity contribution in [1.82, 2.24) is 4.90 Å². The highest BCUT2D eigenvalue weighted by Crippen LogP contribution is 2.23. The van der Waals surface area contributed by atoms with Crippen LogP contribution in [0.1, 0.15) is 11.1 Å². The summed E-state index contributed by atoms with van der Waals surface area (Å²) < 4.78 is 0. The van der Waals surface area contributed by atoms with Gasteiger partial charge in [-0.2, -0.15) is 0 Å². The lowest BCUT2D eigenvalue weighted by atomic mass is 9.94. The minimum atomic E-state index is 0.383. The van der Waals surface area contributed by atoms with Gasteiger partial charge in [0.15, 0.2) is 0 Å². The monoisotopic (exact) mass is 288 g/mol. The summed E-state index contributed by atoms with van der Waals surface area (Å²) in [6.45, 7) is 0. The maximum absolute atomic E-state index is 2.38. The predicted molar refractivity (Wildman–Crippen MR) is 95.0 cm³/mol. The quantitative estimate of drug-likeness (QED) is 0.665. The van der Waals surface area contributed by atoms with E-state index in [0.717, 1.165) is 6.42 Å². The topological polar surface area (TPSA) is 3.24 Å². The summed E-state index contributed by atoms with van der Waals surface area (Å²) in [6, 6.07) is 26.2. The second-order valence-electron chi connectivity index (χ2n) is 5.96. The predicted octanol–water partition coefficient (Wildman–Crippen LogP) is 4.57. The third-order valence-electron chi connectivity index (χ3n) is 4.15. The summed E-state index contributed by atoms with van der Waals surface area (Å²) in [5, 5.41) is 2.62. The lowest BCUT2D eigenvalue weighted by Gasteiger charge is -2.25. The lowest BCUT2D eigenvalue weighted by molar-refractivity contribution is 0.328. The molecule has 0 amide bonds. The molecular weight excluding hydrogens is 266 g/mol. The van der Waals surface area contributed by atoms with Crippen molar-refractivity contribution in [3.05, 3.63) is 90.3 Å². The zero-order valence-corrected chi connectivity index (χ0v) is 13.2. The molecule has 1 radical (unpaired) electrons. The molecule has 3 aromatic carbocycles. The number of likely N-dealkylation sites (N-methyl/N-ethyl adjacent to an activating group) is 1. The average Bonchev–Trinajstić information content (AvgIpc) is 2.55. The Bertz CT molecular complexity index is 726. The molecule has 0 aliphatic carbocycles. The van der Waals surface area contributed by atoms with E-state index in [1.807, 2.05) is 0 Å². The van der Waals surface area contributed by atoms with E-state index in [4.69, 9.17) is 0 Å². The van der Waals surface area contributed by atoms with Gasteiger partial charge in [0.25, 0.3) is 0 Å². The minimum Gasteiger partial charge on any atom is -0.305 e. The second-order valence-corrected chi connectivity index (χ2v) is 5.96. The number of benzene rings is 3. The van der Waals surface area contributed by atoms with Gasteiger partial charge >= 0.3 is 0 Å². The van der Waals surface area contributed by atoms with E-state index in [9.17, 15) is 0 Å². The number of nitrogens with zero attached hydrogens (tertiary/aromatic N) is 1. The van der Waals surface area contributed by atoms with E-state index in [1.165, 1.54) is 21.9 Å². The van der Waals surface area contributed by atoms with Crippen molar-refractivity contribution in [2.45, 2.75) is 12.5 Å². The van der Waals surface area contributed by atoms with Gasteiger partial charge < -0.3 is 4.90 Å². The lowest BCUT2D eigenvalue weighted by Crippen LogP contribution is -2.30. The van der Waals surface area contributed by atoms with E-state index < -0.39 is 0 Å². The summed E-state index contributed by atoms with van der Waals surface area (Å²) in [5.41, 5.74) is 2.69. The van der Waals surface area contributed by atoms with Crippen molar-refractivity contribution < 1.29 is 0 Å². The summed E-state index contributed by atoms with van der Waals surface area (Å²) in [4.78, 5) is 2.29. The van der Waals surface area contributed by atoms with Crippen molar-refractivity contribution in [3.8, 4) is 0 Å². The molecule has 3 rings (SSSR count). The molecule has 111 valence electrons. The van der Waals surface area contributed by atoms with Gasteiger partial charge in [0.1, 0.15) is 0 Å². The summed E-state index contributed by atoms with van der Waals surface area (Å²) in [6.07, 6.45) is 3.41. The van der Waals surface area contributed by atoms with Gasteiger partial charge in [0, 0.05) is 12.5 Å². The van der Waals surface area contributed by atoms with Gasteiger partial charge in [0.05, 0.1) is 0 Å². The van der Waals surface area contributed by atoms with Crippen molar-refractivity contribution in [3.63, 3.8) is 0 Å². The van der Waals surface area contributed by atoms with Crippen molar-refractivity contribution >= 4 is 10.8 Å². The smallest absolute Gasteiger partial charge is 0.0205 e. The SMILES string of the molecule is CN(C)C([CH]c1cccc2ccccc12)Cc1ccccc1. The van der Waals surface area contributed by atoms with E-state index in [2.05, 4.69) is 98.2 Å². The molecule has 0 heterocycles. The molecule has 3 aromatic rings. The molecule has 1 heteroatoms. The number of hydrogen-bond acceptors (Lipinski definition) is 1. The normalized spacial score (nSPS) is 12.7. The van der Waals surface area contributed by atoms with Gasteiger partial charge in [-0.15, -0.1) is 0 Å². The first-order chi connectivity index (χ1) is 10.7. The summed E-state index contributed by atoms with van der Waals surface area (Å²) >= 11 is 0. The fraction of sp³-hybridized carbons (Fsp3) is 0.190. The standard InChI is InChI=1S/C21H22N/c1-22(2)20(15-17-9-4-3-5-10-17)16-19-13-8-12-18-11-6-7-14-21(18)19/h3-14,16,20H,15H2,1-2H3. The first-order valence-corrected chi connectivity index (χ1v) is 7.77. The second kappa shape index (κ2) is 6.76. The van der Waals surface area contributed by atoms with Gasteiger partial charge in [0.2, 0.25) is 0 Å². The molecule has 0 bridgehead atoms. The molecule has 0 aliphatic rings. The van der Waals surface area contributed by atoms with Crippen LogP contribution in [0.4, 0.5) is 0 Å². The van der Waals surface area contributed by atoms with Gasteiger partial charge in [-0.05, 0) is 42.4 Å². The van der Waals surface area contributed by atoms with Crippen LogP contribution in [0.2, 0.25) is 0 Å². The molecular formula is C21H22N. The van der Waals surface area contributed by atoms with Gasteiger partial charge in [-0.1, -0.05) is 72.8 Å². The molecule has 1 nitrogen and oxygen atoms in total. The molecule has 0 aliphatic heterocycles. The maximum Gasteiger partial charge on any atom is 0.0205 e. The Kier molecular flexibility index (Phi) is 4.55. The van der Waals surface area contributed by atoms with E-state index in [1.54, 1.807) is 0 Å². The van der Waals surface area contributed by atoms with Crippen LogP contribution in [-0.2, 0) is 6.42 Å². The van der Waals surface area contributed by atoms with Crippen molar-refractivity contribution in [2.24, 2.45) is 0 Å². The van der Waals surface area contributed by atoms with Crippen LogP contribution in [0.3, 0.4) is 0 Å². The Labute approximate surface area is 133 Å². The van der Waals surface area contributed by atoms with Crippen LogP contribution in [0.15, 0.2) is 72.8 Å². The Morgan fingerprint density at radius 1 is 0.818 bits per heavy atom. The van der Waals surface area contributed by atoms with Gasteiger partial charge in [-0.3, -0.25) is 0 Å². The van der Waals surface area contributed by atoms with Crippen LogP contribution < -0.4 is 0 Å². The Hall–Kier alpha value is -2.12. The van der Waals surface area contributed by atoms with E-state index >= 15 is 0 Å². The molecule has 0 saturated heterocycles. The molecule has 0 aromatic heterocycles. The molecule has 0 fully saturated rings. The molecule has 0 N–H and O–H groups in total. The fourth-order valence-corrected chi connectivity index (χ4v) is 2.85. The van der Waals surface area contributed by atoms with Crippen LogP contribution in [0.25, 0.3) is 10.8 Å². The number of fused-ring (bicyclic) bond motifs is 1. The summed E-state index contributed by atoms with van der Waals surface area (Å²) in [7, 11) is 4.30. The average molecular weight is 288 g/mol. The largest absolute Gasteiger partial charge is 0.305 e. The molecule has 0 saturated carbocycles. The van der Waals surface area contributed by atoms with E-state index in [0.29, 0.717) is 6.04 Å². The first kappa shape index (κ1) is 14.8. The van der Waals surface area contributed by atoms with Crippen LogP contribution in [-0.4, -0.2) is 25.0 Å².